The van der Waals surface area contributed by atoms with E-state index in [0.29, 0.717) is 12.3 Å². The van der Waals surface area contributed by atoms with E-state index >= 15 is 0 Å². The summed E-state index contributed by atoms with van der Waals surface area (Å²) in [5.74, 6) is 0.629. The molecule has 0 unspecified atom stereocenters. The molecule has 3 nitrogen and oxygen atoms in total. The molecule has 1 aliphatic rings. The molecule has 0 fully saturated rings. The van der Waals surface area contributed by atoms with Crippen molar-refractivity contribution in [1.82, 2.24) is 5.32 Å². The van der Waals surface area contributed by atoms with Crippen molar-refractivity contribution in [1.29, 1.82) is 0 Å². The number of amides is 1. The number of hydrogen-bond acceptors (Lipinski definition) is 2. The molecule has 4 heteroatoms. The molecule has 0 aliphatic heterocycles. The fraction of sp³-hybridized carbons (Fsp3) is 0.471. The summed E-state index contributed by atoms with van der Waals surface area (Å²) in [7, 11) is 0. The molecule has 1 N–H and O–H groups in total. The van der Waals surface area contributed by atoms with Crippen molar-refractivity contribution >= 4 is 21.8 Å². The van der Waals surface area contributed by atoms with Gasteiger partial charge in [-0.1, -0.05) is 17.7 Å². The maximum Gasteiger partial charge on any atom is 0.257 e. The Labute approximate surface area is 134 Å². The number of hydrogen-bond donors (Lipinski definition) is 1. The standard InChI is InChI=1S/C17H22BrNO2/c1-13-7-8-16(15(18)11-13)21-12-17(20)19-10-9-14-5-3-2-4-6-14/h5,7-8,11H,2-4,6,9-10,12H2,1H3,(H,19,20). The minimum atomic E-state index is -0.0705. The monoisotopic (exact) mass is 351 g/mol. The van der Waals surface area contributed by atoms with Crippen LogP contribution in [0.1, 0.15) is 37.7 Å². The second-order valence-corrected chi connectivity index (χ2v) is 6.28. The summed E-state index contributed by atoms with van der Waals surface area (Å²) in [4.78, 5) is 11.8. The number of halogens is 1. The van der Waals surface area contributed by atoms with Crippen LogP contribution in [-0.2, 0) is 4.79 Å². The summed E-state index contributed by atoms with van der Waals surface area (Å²) in [6.45, 7) is 2.77. The van der Waals surface area contributed by atoms with Crippen molar-refractivity contribution in [3.8, 4) is 5.75 Å². The van der Waals surface area contributed by atoms with Gasteiger partial charge in [-0.15, -0.1) is 0 Å². The summed E-state index contributed by atoms with van der Waals surface area (Å²) in [5, 5.41) is 2.91. The third kappa shape index (κ3) is 5.54. The summed E-state index contributed by atoms with van der Waals surface area (Å²) in [6.07, 6.45) is 8.23. The normalized spacial score (nSPS) is 14.5. The summed E-state index contributed by atoms with van der Waals surface area (Å²) >= 11 is 3.44. The Morgan fingerprint density at radius 3 is 2.95 bits per heavy atom. The van der Waals surface area contributed by atoms with E-state index in [1.807, 2.05) is 25.1 Å². The van der Waals surface area contributed by atoms with Crippen molar-refractivity contribution < 1.29 is 9.53 Å². The highest BCUT2D eigenvalue weighted by Gasteiger charge is 2.07. The molecule has 1 amide bonds. The lowest BCUT2D eigenvalue weighted by atomic mass is 9.97. The highest BCUT2D eigenvalue weighted by Crippen LogP contribution is 2.25. The van der Waals surface area contributed by atoms with Crippen LogP contribution in [-0.4, -0.2) is 19.1 Å². The third-order valence-electron chi connectivity index (χ3n) is 3.60. The number of ether oxygens (including phenoxy) is 1. The Kier molecular flexibility index (Phi) is 6.30. The summed E-state index contributed by atoms with van der Waals surface area (Å²) < 4.78 is 6.40. The van der Waals surface area contributed by atoms with Gasteiger partial charge in [0.1, 0.15) is 5.75 Å². The van der Waals surface area contributed by atoms with Crippen LogP contribution in [0.5, 0.6) is 5.75 Å². The van der Waals surface area contributed by atoms with E-state index in [-0.39, 0.29) is 12.5 Å². The smallest absolute Gasteiger partial charge is 0.257 e. The Morgan fingerprint density at radius 1 is 1.38 bits per heavy atom. The Morgan fingerprint density at radius 2 is 2.24 bits per heavy atom. The van der Waals surface area contributed by atoms with Crippen LogP contribution in [0.15, 0.2) is 34.3 Å². The van der Waals surface area contributed by atoms with Crippen LogP contribution in [0.3, 0.4) is 0 Å². The van der Waals surface area contributed by atoms with Gasteiger partial charge in [0.2, 0.25) is 0 Å². The molecule has 0 atom stereocenters. The number of benzene rings is 1. The number of carbonyl (C=O) groups is 1. The van der Waals surface area contributed by atoms with Crippen molar-refractivity contribution in [2.45, 2.75) is 39.0 Å². The molecular weight excluding hydrogens is 330 g/mol. The molecule has 1 aromatic carbocycles. The number of allylic oxidation sites excluding steroid dienone is 1. The number of rotatable bonds is 6. The lowest BCUT2D eigenvalue weighted by Crippen LogP contribution is -2.30. The number of nitrogens with one attached hydrogen (secondary N) is 1. The minimum absolute atomic E-state index is 0.0563. The summed E-state index contributed by atoms with van der Waals surface area (Å²) in [6, 6.07) is 5.82. The average Bonchev–Trinajstić information content (AvgIpc) is 2.47. The highest BCUT2D eigenvalue weighted by atomic mass is 79.9. The molecule has 1 aromatic rings. The Bertz CT molecular complexity index is 526. The largest absolute Gasteiger partial charge is 0.483 e. The van der Waals surface area contributed by atoms with Gasteiger partial charge in [0.05, 0.1) is 4.47 Å². The zero-order chi connectivity index (χ0) is 15.1. The Hall–Kier alpha value is -1.29. The van der Waals surface area contributed by atoms with Crippen molar-refractivity contribution in [3.63, 3.8) is 0 Å². The van der Waals surface area contributed by atoms with Gasteiger partial charge in [0, 0.05) is 6.54 Å². The van der Waals surface area contributed by atoms with Crippen molar-refractivity contribution in [2.24, 2.45) is 0 Å². The average molecular weight is 352 g/mol. The van der Waals surface area contributed by atoms with Crippen LogP contribution >= 0.6 is 15.9 Å². The molecule has 114 valence electrons. The molecule has 0 heterocycles. The van der Waals surface area contributed by atoms with Gasteiger partial charge >= 0.3 is 0 Å². The van der Waals surface area contributed by atoms with Gasteiger partial charge in [-0.3, -0.25) is 4.79 Å². The molecule has 0 saturated heterocycles. The molecule has 0 aromatic heterocycles. The lowest BCUT2D eigenvalue weighted by molar-refractivity contribution is -0.123. The molecule has 0 radical (unpaired) electrons. The van der Waals surface area contributed by atoms with Crippen LogP contribution in [0, 0.1) is 6.92 Å². The van der Waals surface area contributed by atoms with Crippen LogP contribution in [0.4, 0.5) is 0 Å². The second kappa shape index (κ2) is 8.23. The summed E-state index contributed by atoms with van der Waals surface area (Å²) in [5.41, 5.74) is 2.63. The first-order valence-corrected chi connectivity index (χ1v) is 8.28. The minimum Gasteiger partial charge on any atom is -0.483 e. The van der Waals surface area contributed by atoms with Crippen LogP contribution < -0.4 is 10.1 Å². The van der Waals surface area contributed by atoms with E-state index in [9.17, 15) is 4.79 Å². The molecule has 0 spiro atoms. The predicted octanol–water partition coefficient (Wildman–Crippen LogP) is 4.14. The Balaban J connectivity index is 1.68. The molecular formula is C17H22BrNO2. The van der Waals surface area contributed by atoms with E-state index in [1.165, 1.54) is 31.3 Å². The van der Waals surface area contributed by atoms with Gasteiger partial charge in [0.25, 0.3) is 5.91 Å². The molecule has 2 rings (SSSR count). The maximum atomic E-state index is 11.8. The van der Waals surface area contributed by atoms with Gasteiger partial charge in [-0.25, -0.2) is 0 Å². The van der Waals surface area contributed by atoms with E-state index in [4.69, 9.17) is 4.74 Å². The first-order chi connectivity index (χ1) is 10.1. The third-order valence-corrected chi connectivity index (χ3v) is 4.22. The zero-order valence-electron chi connectivity index (χ0n) is 12.5. The van der Waals surface area contributed by atoms with Crippen molar-refractivity contribution in [3.05, 3.63) is 39.9 Å². The van der Waals surface area contributed by atoms with Crippen molar-refractivity contribution in [2.75, 3.05) is 13.2 Å². The van der Waals surface area contributed by atoms with E-state index in [2.05, 4.69) is 27.3 Å². The quantitative estimate of drug-likeness (QED) is 0.782. The van der Waals surface area contributed by atoms with Crippen LogP contribution in [0.25, 0.3) is 0 Å². The number of aryl methyl sites for hydroxylation is 1. The fourth-order valence-electron chi connectivity index (χ4n) is 2.41. The van der Waals surface area contributed by atoms with Gasteiger partial charge < -0.3 is 10.1 Å². The van der Waals surface area contributed by atoms with E-state index in [0.717, 1.165) is 16.5 Å². The molecule has 0 bridgehead atoms. The van der Waals surface area contributed by atoms with Gasteiger partial charge in [-0.2, -0.15) is 0 Å². The van der Waals surface area contributed by atoms with Gasteiger partial charge in [-0.05, 0) is 72.7 Å². The molecule has 21 heavy (non-hydrogen) atoms. The SMILES string of the molecule is Cc1ccc(OCC(=O)NCCC2=CCCCC2)c(Br)c1. The van der Waals surface area contributed by atoms with E-state index in [1.54, 1.807) is 0 Å². The topological polar surface area (TPSA) is 38.3 Å². The molecule has 1 aliphatic carbocycles. The second-order valence-electron chi connectivity index (χ2n) is 5.43. The lowest BCUT2D eigenvalue weighted by Gasteiger charge is -2.13. The van der Waals surface area contributed by atoms with E-state index < -0.39 is 0 Å². The zero-order valence-corrected chi connectivity index (χ0v) is 14.0. The van der Waals surface area contributed by atoms with Gasteiger partial charge in [0.15, 0.2) is 6.61 Å². The first-order valence-electron chi connectivity index (χ1n) is 7.49. The molecule has 0 saturated carbocycles. The maximum absolute atomic E-state index is 11.8. The fourth-order valence-corrected chi connectivity index (χ4v) is 3.02. The highest BCUT2D eigenvalue weighted by molar-refractivity contribution is 9.10. The first kappa shape index (κ1) is 16.1. The predicted molar refractivity (Wildman–Crippen MR) is 88.6 cm³/mol. The van der Waals surface area contributed by atoms with Crippen LogP contribution in [0.2, 0.25) is 0 Å². The number of carbonyl (C=O) groups excluding carboxylic acids is 1.